The summed E-state index contributed by atoms with van der Waals surface area (Å²) in [6, 6.07) is 0.138. The van der Waals surface area contributed by atoms with E-state index in [2.05, 4.69) is 46.7 Å². The van der Waals surface area contributed by atoms with Crippen LogP contribution in [0.1, 0.15) is 49.5 Å². The first-order valence-corrected chi connectivity index (χ1v) is 12.2. The maximum Gasteiger partial charge on any atom is 0.407 e. The molecule has 3 aromatic rings. The van der Waals surface area contributed by atoms with Gasteiger partial charge in [-0.15, -0.1) is 10.2 Å². The molecule has 2 heterocycles. The monoisotopic (exact) mass is 549 g/mol. The van der Waals surface area contributed by atoms with Crippen molar-refractivity contribution < 1.29 is 32.1 Å². The molecule has 1 aliphatic carbocycles. The van der Waals surface area contributed by atoms with E-state index in [0.29, 0.717) is 11.5 Å². The number of Topliss-reactive ketones (excluding diaryl/α,β-unsaturated/α-hetero) is 1. The van der Waals surface area contributed by atoms with E-state index in [-0.39, 0.29) is 36.1 Å². The van der Waals surface area contributed by atoms with Gasteiger partial charge in [0.2, 0.25) is 23.4 Å². The molecule has 3 atom stereocenters. The van der Waals surface area contributed by atoms with Gasteiger partial charge in [0.1, 0.15) is 6.04 Å². The van der Waals surface area contributed by atoms with Crippen LogP contribution in [0.5, 0.6) is 0 Å². The smallest absolute Gasteiger partial charge is 0.347 e. The lowest BCUT2D eigenvalue weighted by Crippen LogP contribution is -2.55. The fourth-order valence-electron chi connectivity index (χ4n) is 3.77. The molecule has 0 unspecified atom stereocenters. The second kappa shape index (κ2) is 11.7. The number of H-pyrrole nitrogens is 1. The highest BCUT2D eigenvalue weighted by Crippen LogP contribution is 2.34. The van der Waals surface area contributed by atoms with Crippen molar-refractivity contribution in [2.75, 3.05) is 0 Å². The molecule has 0 aliphatic heterocycles. The molecule has 39 heavy (non-hydrogen) atoms. The van der Waals surface area contributed by atoms with Gasteiger partial charge in [0.05, 0.1) is 12.1 Å². The van der Waals surface area contributed by atoms with Crippen LogP contribution in [0, 0.1) is 6.92 Å². The van der Waals surface area contributed by atoms with Crippen LogP contribution >= 0.6 is 0 Å². The van der Waals surface area contributed by atoms with Gasteiger partial charge in [-0.1, -0.05) is 41.6 Å². The number of nitrogens with zero attached hydrogens (tertiary/aromatic N) is 5. The third-order valence-electron chi connectivity index (χ3n) is 5.99. The van der Waals surface area contributed by atoms with Crippen molar-refractivity contribution in [1.82, 2.24) is 46.7 Å². The Bertz CT molecular complexity index is 1290. The number of aromatic nitrogens is 6. The number of hydrogen-bond donors (Lipinski definition) is 4. The van der Waals surface area contributed by atoms with Gasteiger partial charge >= 0.3 is 6.18 Å². The van der Waals surface area contributed by atoms with Crippen LogP contribution in [0.15, 0.2) is 28.8 Å². The molecule has 0 bridgehead atoms. The highest BCUT2D eigenvalue weighted by Gasteiger charge is 2.43. The van der Waals surface area contributed by atoms with Gasteiger partial charge in [0, 0.05) is 24.9 Å². The first-order valence-electron chi connectivity index (χ1n) is 12.2. The highest BCUT2D eigenvalue weighted by atomic mass is 19.4. The Morgan fingerprint density at radius 3 is 2.41 bits per heavy atom. The van der Waals surface area contributed by atoms with Gasteiger partial charge in [-0.05, 0) is 24.8 Å². The average molecular weight is 550 g/mol. The van der Waals surface area contributed by atoms with E-state index in [9.17, 15) is 27.6 Å². The molecule has 0 radical (unpaired) electrons. The number of aryl methyl sites for hydroxylation is 1. The Labute approximate surface area is 219 Å². The largest absolute Gasteiger partial charge is 0.407 e. The van der Waals surface area contributed by atoms with Gasteiger partial charge in [-0.2, -0.15) is 23.4 Å². The standard InChI is InChI=1S/C23H26F3N9O4/c1-3-15(18(36)22(38)28-14-8-9-14)30-21(37)16(10-17-31-34-35-32-17)29-19(23(24,25)26)12-4-6-13(7-5-12)20-27-11(2)39-33-20/h4-7,14-16,19,29H,3,8-10H2,1-2H3,(H,28,38)(H,30,37)(H,31,32,34,35)/t15-,16-,19-/m0/s1. The van der Waals surface area contributed by atoms with Crippen molar-refractivity contribution in [3.8, 4) is 11.4 Å². The number of tetrazole rings is 1. The maximum atomic E-state index is 14.2. The lowest BCUT2D eigenvalue weighted by Gasteiger charge is -2.28. The van der Waals surface area contributed by atoms with E-state index in [1.165, 1.54) is 24.3 Å². The van der Waals surface area contributed by atoms with Crippen molar-refractivity contribution in [1.29, 1.82) is 0 Å². The van der Waals surface area contributed by atoms with Gasteiger partial charge in [-0.3, -0.25) is 19.7 Å². The quantitative estimate of drug-likeness (QED) is 0.239. The zero-order valence-corrected chi connectivity index (χ0v) is 21.0. The molecule has 208 valence electrons. The number of carbonyl (C=O) groups is 3. The zero-order valence-electron chi connectivity index (χ0n) is 21.0. The van der Waals surface area contributed by atoms with Gasteiger partial charge in [-0.25, -0.2) is 0 Å². The Balaban J connectivity index is 1.55. The minimum Gasteiger partial charge on any atom is -0.347 e. The highest BCUT2D eigenvalue weighted by molar-refractivity contribution is 6.38. The van der Waals surface area contributed by atoms with E-state index in [4.69, 9.17) is 4.52 Å². The van der Waals surface area contributed by atoms with Crippen molar-refractivity contribution in [2.45, 2.75) is 69.9 Å². The maximum absolute atomic E-state index is 14.2. The molecule has 1 aromatic carbocycles. The van der Waals surface area contributed by atoms with Gasteiger partial charge in [0.15, 0.2) is 5.82 Å². The van der Waals surface area contributed by atoms with Crippen LogP contribution in [0.25, 0.3) is 11.4 Å². The van der Waals surface area contributed by atoms with E-state index < -0.39 is 41.9 Å². The molecule has 0 saturated heterocycles. The van der Waals surface area contributed by atoms with Crippen molar-refractivity contribution in [2.24, 2.45) is 0 Å². The molecule has 4 N–H and O–H groups in total. The number of nitrogens with one attached hydrogen (secondary N) is 4. The fraction of sp³-hybridized carbons (Fsp3) is 0.478. The molecule has 1 saturated carbocycles. The molecular weight excluding hydrogens is 523 g/mol. The summed E-state index contributed by atoms with van der Waals surface area (Å²) in [6.07, 6.45) is -3.63. The summed E-state index contributed by atoms with van der Waals surface area (Å²) in [6.45, 7) is 3.15. The first-order chi connectivity index (χ1) is 18.5. The second-order valence-corrected chi connectivity index (χ2v) is 9.07. The summed E-state index contributed by atoms with van der Waals surface area (Å²) < 4.78 is 47.6. The van der Waals surface area contributed by atoms with Crippen LogP contribution in [0.3, 0.4) is 0 Å². The topological polar surface area (TPSA) is 181 Å². The number of aromatic amines is 1. The molecule has 13 nitrogen and oxygen atoms in total. The Kier molecular flexibility index (Phi) is 8.32. The zero-order chi connectivity index (χ0) is 28.2. The van der Waals surface area contributed by atoms with Crippen LogP contribution in [-0.2, 0) is 20.8 Å². The number of ketones is 1. The van der Waals surface area contributed by atoms with Crippen LogP contribution < -0.4 is 16.0 Å². The van der Waals surface area contributed by atoms with Crippen molar-refractivity contribution in [3.05, 3.63) is 41.5 Å². The predicted molar refractivity (Wildman–Crippen MR) is 126 cm³/mol. The normalized spacial score (nSPS) is 15.8. The molecular formula is C23H26F3N9O4. The molecule has 1 aliphatic rings. The Morgan fingerprint density at radius 2 is 1.87 bits per heavy atom. The number of benzene rings is 1. The number of rotatable bonds is 12. The summed E-state index contributed by atoms with van der Waals surface area (Å²) in [5, 5.41) is 24.0. The summed E-state index contributed by atoms with van der Waals surface area (Å²) in [4.78, 5) is 42.0. The summed E-state index contributed by atoms with van der Waals surface area (Å²) >= 11 is 0. The van der Waals surface area contributed by atoms with Gasteiger partial charge in [0.25, 0.3) is 5.91 Å². The number of alkyl halides is 3. The Morgan fingerprint density at radius 1 is 1.15 bits per heavy atom. The number of halogens is 3. The number of amides is 2. The molecule has 4 rings (SSSR count). The van der Waals surface area contributed by atoms with E-state index >= 15 is 0 Å². The average Bonchev–Trinajstić information content (AvgIpc) is 3.36. The minimum absolute atomic E-state index is 0.0303. The van der Waals surface area contributed by atoms with Gasteiger partial charge < -0.3 is 15.2 Å². The van der Waals surface area contributed by atoms with Crippen LogP contribution in [-0.4, -0.2) is 72.7 Å². The number of hydrogen-bond acceptors (Lipinski definition) is 10. The summed E-state index contributed by atoms with van der Waals surface area (Å²) in [5.74, 6) is -2.18. The summed E-state index contributed by atoms with van der Waals surface area (Å²) in [5.41, 5.74) is 0.246. The molecule has 16 heteroatoms. The van der Waals surface area contributed by atoms with Crippen LogP contribution in [0.4, 0.5) is 13.2 Å². The molecule has 0 spiro atoms. The minimum atomic E-state index is -4.82. The van der Waals surface area contributed by atoms with Crippen LogP contribution in [0.2, 0.25) is 0 Å². The fourth-order valence-corrected chi connectivity index (χ4v) is 3.77. The molecule has 1 fully saturated rings. The van der Waals surface area contributed by atoms with E-state index in [1.54, 1.807) is 13.8 Å². The molecule has 2 aromatic heterocycles. The second-order valence-electron chi connectivity index (χ2n) is 9.07. The third-order valence-corrected chi connectivity index (χ3v) is 5.99. The molecule has 2 amide bonds. The lowest BCUT2D eigenvalue weighted by atomic mass is 10.0. The third kappa shape index (κ3) is 7.22. The van der Waals surface area contributed by atoms with Crippen molar-refractivity contribution >= 4 is 17.6 Å². The van der Waals surface area contributed by atoms with E-state index in [1.807, 2.05) is 0 Å². The number of carbonyl (C=O) groups excluding carboxylic acids is 3. The van der Waals surface area contributed by atoms with Crippen molar-refractivity contribution in [3.63, 3.8) is 0 Å². The Hall–Kier alpha value is -4.21. The summed E-state index contributed by atoms with van der Waals surface area (Å²) in [7, 11) is 0. The SMILES string of the molecule is CC[C@H](NC(=O)[C@H](Cc1nn[nH]n1)N[C@@H](c1ccc(-c2noc(C)n2)cc1)C(F)(F)F)C(=O)C(=O)NC1CC1. The van der Waals surface area contributed by atoms with E-state index in [0.717, 1.165) is 12.8 Å². The first kappa shape index (κ1) is 27.8. The lowest BCUT2D eigenvalue weighted by molar-refractivity contribution is -0.161. The predicted octanol–water partition coefficient (Wildman–Crippen LogP) is 1.10.